The number of hydrogen-bond donors (Lipinski definition) is 4. The average Bonchev–Trinajstić information content (AvgIpc) is 3.60. The van der Waals surface area contributed by atoms with Gasteiger partial charge in [0.2, 0.25) is 0 Å². The first-order chi connectivity index (χ1) is 16.0. The summed E-state index contributed by atoms with van der Waals surface area (Å²) in [5, 5.41) is 24.7. The molecule has 0 aliphatic heterocycles. The maximum absolute atomic E-state index is 14.8. The number of halogens is 1. The smallest absolute Gasteiger partial charge is 0.251 e. The molecule has 2 amide bonds. The average molecular weight is 473 g/mol. The van der Waals surface area contributed by atoms with Crippen LogP contribution in [0, 0.1) is 18.2 Å². The number of nitrogens with one attached hydrogen (secondary N) is 2. The number of aliphatic hydroxyl groups excluding tert-OH is 2. The standard InChI is InChI=1S/C26H33FN2O5/c1-15-21(9-17(10-22(15)27)25(33)29-18-6-7-18)20-8-5-16(24(32)28-14-26(2,3)4)11-23(20)34-13-19(31)12-30/h5,8-11,18-19,30-31H,6-7,12-14H2,1-4H3,(H,28,32)(H,29,33). The number of benzene rings is 2. The molecular formula is C26H33FN2O5. The lowest BCUT2D eigenvalue weighted by atomic mass is 9.95. The van der Waals surface area contributed by atoms with Gasteiger partial charge in [-0.15, -0.1) is 0 Å². The molecule has 3 rings (SSSR count). The third-order valence-corrected chi connectivity index (χ3v) is 5.47. The molecular weight excluding hydrogens is 439 g/mol. The normalized spacial score (nSPS) is 14.4. The number of carbonyl (C=O) groups is 2. The van der Waals surface area contributed by atoms with Crippen molar-refractivity contribution >= 4 is 11.8 Å². The van der Waals surface area contributed by atoms with Crippen molar-refractivity contribution in [1.29, 1.82) is 0 Å². The van der Waals surface area contributed by atoms with E-state index >= 15 is 0 Å². The van der Waals surface area contributed by atoms with Gasteiger partial charge in [-0.2, -0.15) is 0 Å². The van der Waals surface area contributed by atoms with Crippen LogP contribution in [-0.4, -0.2) is 53.9 Å². The van der Waals surface area contributed by atoms with Crippen molar-refractivity contribution in [2.45, 2.75) is 52.7 Å². The second-order valence-corrected chi connectivity index (χ2v) is 9.98. The maximum atomic E-state index is 14.8. The third kappa shape index (κ3) is 6.77. The Kier molecular flexibility index (Phi) is 7.94. The molecule has 1 aliphatic rings. The Bertz CT molecular complexity index is 1060. The van der Waals surface area contributed by atoms with E-state index in [0.29, 0.717) is 28.8 Å². The van der Waals surface area contributed by atoms with Crippen molar-refractivity contribution in [2.75, 3.05) is 19.8 Å². The number of amides is 2. The Balaban J connectivity index is 1.99. The highest BCUT2D eigenvalue weighted by Gasteiger charge is 2.25. The summed E-state index contributed by atoms with van der Waals surface area (Å²) in [5.74, 6) is -0.946. The van der Waals surface area contributed by atoms with Crippen molar-refractivity contribution in [2.24, 2.45) is 5.41 Å². The minimum absolute atomic E-state index is 0.101. The van der Waals surface area contributed by atoms with E-state index in [1.807, 2.05) is 20.8 Å². The summed E-state index contributed by atoms with van der Waals surface area (Å²) in [6.45, 7) is 7.37. The Morgan fingerprint density at radius 1 is 1.12 bits per heavy atom. The van der Waals surface area contributed by atoms with Gasteiger partial charge in [0.1, 0.15) is 24.3 Å². The largest absolute Gasteiger partial charge is 0.490 e. The third-order valence-electron chi connectivity index (χ3n) is 5.47. The molecule has 0 saturated heterocycles. The second kappa shape index (κ2) is 10.5. The molecule has 7 nitrogen and oxygen atoms in total. The molecule has 4 N–H and O–H groups in total. The monoisotopic (exact) mass is 472 g/mol. The van der Waals surface area contributed by atoms with Crippen molar-refractivity contribution < 1.29 is 28.9 Å². The van der Waals surface area contributed by atoms with Gasteiger partial charge >= 0.3 is 0 Å². The molecule has 1 unspecified atom stereocenters. The predicted molar refractivity (Wildman–Crippen MR) is 127 cm³/mol. The molecule has 8 heteroatoms. The zero-order valence-electron chi connectivity index (χ0n) is 20.1. The Morgan fingerprint density at radius 2 is 1.82 bits per heavy atom. The Morgan fingerprint density at radius 3 is 2.44 bits per heavy atom. The van der Waals surface area contributed by atoms with E-state index in [-0.39, 0.29) is 41.2 Å². The van der Waals surface area contributed by atoms with Crippen LogP contribution in [0.3, 0.4) is 0 Å². The fourth-order valence-corrected chi connectivity index (χ4v) is 3.28. The van der Waals surface area contributed by atoms with Gasteiger partial charge in [-0.3, -0.25) is 9.59 Å². The summed E-state index contributed by atoms with van der Waals surface area (Å²) in [6, 6.07) is 7.70. The van der Waals surface area contributed by atoms with Crippen LogP contribution in [0.15, 0.2) is 30.3 Å². The maximum Gasteiger partial charge on any atom is 0.251 e. The number of ether oxygens (including phenoxy) is 1. The van der Waals surface area contributed by atoms with Gasteiger partial charge in [0.25, 0.3) is 11.8 Å². The van der Waals surface area contributed by atoms with E-state index in [2.05, 4.69) is 10.6 Å². The Hall–Kier alpha value is -2.97. The SMILES string of the molecule is Cc1c(F)cc(C(=O)NC2CC2)cc1-c1ccc(C(=O)NCC(C)(C)C)cc1OCC(O)CO. The van der Waals surface area contributed by atoms with Crippen molar-refractivity contribution in [1.82, 2.24) is 10.6 Å². The van der Waals surface area contributed by atoms with E-state index in [4.69, 9.17) is 9.84 Å². The van der Waals surface area contributed by atoms with Gasteiger partial charge < -0.3 is 25.6 Å². The summed E-state index contributed by atoms with van der Waals surface area (Å²) in [6.07, 6.45) is 0.702. The van der Waals surface area contributed by atoms with Crippen molar-refractivity contribution in [3.63, 3.8) is 0 Å². The van der Waals surface area contributed by atoms with Crippen LogP contribution in [0.25, 0.3) is 11.1 Å². The summed E-state index contributed by atoms with van der Waals surface area (Å²) >= 11 is 0. The minimum atomic E-state index is -1.13. The molecule has 1 fully saturated rings. The lowest BCUT2D eigenvalue weighted by Gasteiger charge is -2.20. The predicted octanol–water partition coefficient (Wildman–Crippen LogP) is 3.20. The van der Waals surface area contributed by atoms with Crippen LogP contribution < -0.4 is 15.4 Å². The van der Waals surface area contributed by atoms with Crippen LogP contribution in [0.2, 0.25) is 0 Å². The first kappa shape index (κ1) is 25.6. The molecule has 0 aromatic heterocycles. The van der Waals surface area contributed by atoms with E-state index in [0.717, 1.165) is 12.8 Å². The lowest BCUT2D eigenvalue weighted by molar-refractivity contribution is 0.0537. The highest BCUT2D eigenvalue weighted by Crippen LogP contribution is 2.35. The topological polar surface area (TPSA) is 108 Å². The van der Waals surface area contributed by atoms with Crippen LogP contribution in [0.4, 0.5) is 4.39 Å². The van der Waals surface area contributed by atoms with Gasteiger partial charge in [-0.25, -0.2) is 4.39 Å². The van der Waals surface area contributed by atoms with Gasteiger partial charge in [0.15, 0.2) is 0 Å². The second-order valence-electron chi connectivity index (χ2n) is 9.98. The Labute approximate surface area is 199 Å². The zero-order chi connectivity index (χ0) is 25.0. The lowest BCUT2D eigenvalue weighted by Crippen LogP contribution is -2.32. The fourth-order valence-electron chi connectivity index (χ4n) is 3.28. The molecule has 2 aromatic rings. The first-order valence-corrected chi connectivity index (χ1v) is 11.4. The molecule has 184 valence electrons. The van der Waals surface area contributed by atoms with Gasteiger partial charge in [0.05, 0.1) is 6.61 Å². The summed E-state index contributed by atoms with van der Waals surface area (Å²) in [5.41, 5.74) is 1.66. The van der Waals surface area contributed by atoms with Gasteiger partial charge in [0, 0.05) is 29.3 Å². The molecule has 0 radical (unpaired) electrons. The molecule has 0 heterocycles. The molecule has 2 aromatic carbocycles. The van der Waals surface area contributed by atoms with Crippen molar-refractivity contribution in [3.8, 4) is 16.9 Å². The molecule has 1 saturated carbocycles. The number of carbonyl (C=O) groups excluding carboxylic acids is 2. The zero-order valence-corrected chi connectivity index (χ0v) is 20.1. The molecule has 1 aliphatic carbocycles. The van der Waals surface area contributed by atoms with E-state index in [1.165, 1.54) is 12.1 Å². The number of rotatable bonds is 9. The summed E-state index contributed by atoms with van der Waals surface area (Å²) in [7, 11) is 0. The quantitative estimate of drug-likeness (QED) is 0.448. The minimum Gasteiger partial charge on any atom is -0.490 e. The summed E-state index contributed by atoms with van der Waals surface area (Å²) in [4.78, 5) is 25.2. The van der Waals surface area contributed by atoms with Gasteiger partial charge in [-0.1, -0.05) is 20.8 Å². The fraction of sp³-hybridized carbons (Fsp3) is 0.462. The first-order valence-electron chi connectivity index (χ1n) is 11.4. The van der Waals surface area contributed by atoms with E-state index < -0.39 is 18.5 Å². The highest BCUT2D eigenvalue weighted by atomic mass is 19.1. The van der Waals surface area contributed by atoms with Crippen LogP contribution >= 0.6 is 0 Å². The number of aliphatic hydroxyl groups is 2. The van der Waals surface area contributed by atoms with Gasteiger partial charge in [-0.05, 0) is 66.6 Å². The molecule has 1 atom stereocenters. The molecule has 34 heavy (non-hydrogen) atoms. The number of hydrogen-bond acceptors (Lipinski definition) is 5. The van der Waals surface area contributed by atoms with Crippen LogP contribution in [0.5, 0.6) is 5.75 Å². The van der Waals surface area contributed by atoms with Crippen LogP contribution in [0.1, 0.15) is 59.9 Å². The van der Waals surface area contributed by atoms with Crippen molar-refractivity contribution in [3.05, 3.63) is 52.8 Å². The summed E-state index contributed by atoms with van der Waals surface area (Å²) < 4.78 is 20.5. The van der Waals surface area contributed by atoms with E-state index in [1.54, 1.807) is 25.1 Å². The molecule has 0 spiro atoms. The van der Waals surface area contributed by atoms with E-state index in [9.17, 15) is 19.1 Å². The van der Waals surface area contributed by atoms with Crippen LogP contribution in [-0.2, 0) is 0 Å². The molecule has 0 bridgehead atoms. The highest BCUT2D eigenvalue weighted by molar-refractivity contribution is 5.98.